The van der Waals surface area contributed by atoms with E-state index in [9.17, 15) is 18.4 Å². The van der Waals surface area contributed by atoms with Crippen LogP contribution in [0.5, 0.6) is 5.75 Å². The number of carboxylic acids is 1. The number of carbonyl (C=O) groups is 2. The number of carboxylic acid groups (broad SMARTS) is 1. The average molecular weight is 358 g/mol. The lowest BCUT2D eigenvalue weighted by Crippen LogP contribution is -2.49. The Morgan fingerprint density at radius 2 is 2.24 bits per heavy atom. The molecule has 25 heavy (non-hydrogen) atoms. The maximum absolute atomic E-state index is 12.6. The third-order valence-corrected chi connectivity index (χ3v) is 3.65. The number of nitrogens with zero attached hydrogens (tertiary/aromatic N) is 2. The second-order valence-corrected chi connectivity index (χ2v) is 5.74. The summed E-state index contributed by atoms with van der Waals surface area (Å²) in [6.07, 6.45) is -0.317. The van der Waals surface area contributed by atoms with Crippen molar-refractivity contribution in [2.24, 2.45) is 0 Å². The number of hydrogen-bond acceptors (Lipinski definition) is 5. The monoisotopic (exact) mass is 358 g/mol. The van der Waals surface area contributed by atoms with E-state index in [1.165, 1.54) is 24.3 Å². The molecule has 9 heteroatoms. The molecular formula is C16H20F2N2O5. The van der Waals surface area contributed by atoms with Crippen molar-refractivity contribution >= 4 is 11.9 Å². The van der Waals surface area contributed by atoms with Gasteiger partial charge in [0.1, 0.15) is 5.75 Å². The molecule has 1 saturated heterocycles. The van der Waals surface area contributed by atoms with Crippen LogP contribution >= 0.6 is 0 Å². The molecule has 0 bridgehead atoms. The van der Waals surface area contributed by atoms with Crippen LogP contribution in [0.4, 0.5) is 8.78 Å². The average Bonchev–Trinajstić information content (AvgIpc) is 2.53. The molecule has 1 aromatic rings. The maximum atomic E-state index is 12.6. The first-order valence-corrected chi connectivity index (χ1v) is 7.71. The highest BCUT2D eigenvalue weighted by Crippen LogP contribution is 2.18. The van der Waals surface area contributed by atoms with Crippen LogP contribution in [0.3, 0.4) is 0 Å². The van der Waals surface area contributed by atoms with Gasteiger partial charge in [-0.3, -0.25) is 14.5 Å². The largest absolute Gasteiger partial charge is 0.480 e. The quantitative estimate of drug-likeness (QED) is 0.788. The van der Waals surface area contributed by atoms with Gasteiger partial charge in [0.05, 0.1) is 19.3 Å². The summed E-state index contributed by atoms with van der Waals surface area (Å²) in [5.41, 5.74) is 0.248. The summed E-state index contributed by atoms with van der Waals surface area (Å²) in [6.45, 7) is -1.72. The minimum absolute atomic E-state index is 0.0770. The van der Waals surface area contributed by atoms with Gasteiger partial charge in [0, 0.05) is 25.2 Å². The third-order valence-electron chi connectivity index (χ3n) is 3.65. The molecule has 1 unspecified atom stereocenters. The van der Waals surface area contributed by atoms with Crippen molar-refractivity contribution < 1.29 is 33.0 Å². The number of likely N-dealkylation sites (N-methyl/N-ethyl adjacent to an activating group) is 1. The van der Waals surface area contributed by atoms with E-state index in [2.05, 4.69) is 4.74 Å². The molecule has 1 fully saturated rings. The van der Waals surface area contributed by atoms with E-state index in [-0.39, 0.29) is 29.9 Å². The summed E-state index contributed by atoms with van der Waals surface area (Å²) in [6, 6.07) is 5.63. The molecule has 7 nitrogen and oxygen atoms in total. The predicted octanol–water partition coefficient (Wildman–Crippen LogP) is 1.15. The van der Waals surface area contributed by atoms with Gasteiger partial charge >= 0.3 is 12.6 Å². The van der Waals surface area contributed by atoms with Crippen LogP contribution in [0.25, 0.3) is 0 Å². The number of hydrogen-bond donors (Lipinski definition) is 1. The second-order valence-electron chi connectivity index (χ2n) is 5.74. The van der Waals surface area contributed by atoms with Gasteiger partial charge in [-0.05, 0) is 25.2 Å². The SMILES string of the molecule is CN(CC(=O)O)CC1CN(C(=O)c2cccc(OC(F)F)c2)CCO1. The molecule has 0 saturated carbocycles. The van der Waals surface area contributed by atoms with E-state index < -0.39 is 12.6 Å². The fraction of sp³-hybridized carbons (Fsp3) is 0.500. The van der Waals surface area contributed by atoms with Crippen molar-refractivity contribution in [3.05, 3.63) is 29.8 Å². The van der Waals surface area contributed by atoms with Gasteiger partial charge in [0.2, 0.25) is 0 Å². The number of alkyl halides is 2. The molecule has 1 amide bonds. The van der Waals surface area contributed by atoms with Crippen molar-refractivity contribution in [2.45, 2.75) is 12.7 Å². The lowest BCUT2D eigenvalue weighted by atomic mass is 10.1. The van der Waals surface area contributed by atoms with Gasteiger partial charge in [-0.15, -0.1) is 0 Å². The standard InChI is InChI=1S/C16H20F2N2O5/c1-19(10-14(21)22)8-13-9-20(5-6-24-13)15(23)11-3-2-4-12(7-11)25-16(17)18/h2-4,7,13,16H,5-6,8-10H2,1H3,(H,21,22). The zero-order valence-corrected chi connectivity index (χ0v) is 13.7. The van der Waals surface area contributed by atoms with Crippen molar-refractivity contribution in [2.75, 3.05) is 39.8 Å². The highest BCUT2D eigenvalue weighted by Gasteiger charge is 2.26. The maximum Gasteiger partial charge on any atom is 0.387 e. The Hall–Kier alpha value is -2.26. The summed E-state index contributed by atoms with van der Waals surface area (Å²) in [4.78, 5) is 26.4. The Bertz CT molecular complexity index is 614. The number of carbonyl (C=O) groups excluding carboxylic acids is 1. The summed E-state index contributed by atoms with van der Waals surface area (Å²) in [5, 5.41) is 8.78. The lowest BCUT2D eigenvalue weighted by Gasteiger charge is -2.34. The highest BCUT2D eigenvalue weighted by atomic mass is 19.3. The van der Waals surface area contributed by atoms with Crippen molar-refractivity contribution in [1.29, 1.82) is 0 Å². The van der Waals surface area contributed by atoms with E-state index >= 15 is 0 Å². The van der Waals surface area contributed by atoms with Gasteiger partial charge < -0.3 is 19.5 Å². The molecular weight excluding hydrogens is 338 g/mol. The summed E-state index contributed by atoms with van der Waals surface area (Å²) >= 11 is 0. The molecule has 1 heterocycles. The number of halogens is 2. The third kappa shape index (κ3) is 5.95. The van der Waals surface area contributed by atoms with Crippen molar-refractivity contribution in [1.82, 2.24) is 9.80 Å². The second kappa shape index (κ2) is 8.72. The number of morpholine rings is 1. The van der Waals surface area contributed by atoms with E-state index in [0.29, 0.717) is 26.2 Å². The van der Waals surface area contributed by atoms with Crippen LogP contribution < -0.4 is 4.74 Å². The first-order valence-electron chi connectivity index (χ1n) is 7.71. The number of aliphatic carboxylic acids is 1. The van der Waals surface area contributed by atoms with Gasteiger partial charge in [-0.2, -0.15) is 8.78 Å². The molecule has 2 rings (SSSR count). The predicted molar refractivity (Wildman–Crippen MR) is 83.9 cm³/mol. The number of rotatable bonds is 7. The number of benzene rings is 1. The topological polar surface area (TPSA) is 79.3 Å². The lowest BCUT2D eigenvalue weighted by molar-refractivity contribution is -0.138. The Labute approximate surface area is 143 Å². The van der Waals surface area contributed by atoms with Gasteiger partial charge in [-0.1, -0.05) is 6.07 Å². The molecule has 0 aliphatic carbocycles. The van der Waals surface area contributed by atoms with E-state index in [0.717, 1.165) is 0 Å². The Kier molecular flexibility index (Phi) is 6.65. The number of ether oxygens (including phenoxy) is 2. The minimum Gasteiger partial charge on any atom is -0.480 e. The molecule has 0 aromatic heterocycles. The molecule has 138 valence electrons. The molecule has 1 aliphatic heterocycles. The van der Waals surface area contributed by atoms with Gasteiger partial charge in [0.25, 0.3) is 5.91 Å². The minimum atomic E-state index is -2.96. The van der Waals surface area contributed by atoms with Crippen LogP contribution in [-0.4, -0.2) is 79.3 Å². The molecule has 1 aliphatic rings. The van der Waals surface area contributed by atoms with Crippen molar-refractivity contribution in [3.63, 3.8) is 0 Å². The van der Waals surface area contributed by atoms with E-state index in [1.807, 2.05) is 0 Å². The van der Waals surface area contributed by atoms with Crippen LogP contribution in [-0.2, 0) is 9.53 Å². The van der Waals surface area contributed by atoms with Gasteiger partial charge in [0.15, 0.2) is 0 Å². The molecule has 0 spiro atoms. The zero-order valence-electron chi connectivity index (χ0n) is 13.7. The van der Waals surface area contributed by atoms with Crippen LogP contribution in [0.1, 0.15) is 10.4 Å². The van der Waals surface area contributed by atoms with Gasteiger partial charge in [-0.25, -0.2) is 0 Å². The van der Waals surface area contributed by atoms with Crippen LogP contribution in [0, 0.1) is 0 Å². The zero-order chi connectivity index (χ0) is 18.4. The highest BCUT2D eigenvalue weighted by molar-refractivity contribution is 5.94. The summed E-state index contributed by atoms with van der Waals surface area (Å²) in [7, 11) is 1.66. The Morgan fingerprint density at radius 1 is 1.48 bits per heavy atom. The molecule has 1 aromatic carbocycles. The Balaban J connectivity index is 1.98. The van der Waals surface area contributed by atoms with E-state index in [1.54, 1.807) is 16.8 Å². The summed E-state index contributed by atoms with van der Waals surface area (Å²) in [5.74, 6) is -1.33. The fourth-order valence-electron chi connectivity index (χ4n) is 2.65. The van der Waals surface area contributed by atoms with Crippen LogP contribution in [0.2, 0.25) is 0 Å². The van der Waals surface area contributed by atoms with Crippen molar-refractivity contribution in [3.8, 4) is 5.75 Å². The fourth-order valence-corrected chi connectivity index (χ4v) is 2.65. The number of amides is 1. The van der Waals surface area contributed by atoms with Crippen LogP contribution in [0.15, 0.2) is 24.3 Å². The Morgan fingerprint density at radius 3 is 2.92 bits per heavy atom. The first-order chi connectivity index (χ1) is 11.8. The molecule has 0 radical (unpaired) electrons. The molecule has 1 N–H and O–H groups in total. The molecule has 1 atom stereocenters. The normalized spacial score (nSPS) is 17.8. The van der Waals surface area contributed by atoms with E-state index in [4.69, 9.17) is 9.84 Å². The smallest absolute Gasteiger partial charge is 0.387 e. The first kappa shape index (κ1) is 19.1. The summed E-state index contributed by atoms with van der Waals surface area (Å²) < 4.78 is 34.5.